The summed E-state index contributed by atoms with van der Waals surface area (Å²) in [4.78, 5) is 16.4. The normalized spacial score (nSPS) is 14.0. The summed E-state index contributed by atoms with van der Waals surface area (Å²) >= 11 is 0. The molecule has 204 valence electrons. The molecule has 0 radical (unpaired) electrons. The molecular weight excluding hydrogens is 512 g/mol. The number of likely N-dealkylation sites (N-methyl/N-ethyl adjacent to an activating group) is 1. The molecule has 2 aromatic carbocycles. The van der Waals surface area contributed by atoms with Crippen LogP contribution in [0.2, 0.25) is 0 Å². The maximum absolute atomic E-state index is 13.4. The second-order valence-corrected chi connectivity index (χ2v) is 10.8. The van der Waals surface area contributed by atoms with Crippen molar-refractivity contribution in [1.29, 1.82) is 0 Å². The molecule has 12 heteroatoms. The molecule has 0 saturated carbocycles. The fourth-order valence-electron chi connectivity index (χ4n) is 4.33. The van der Waals surface area contributed by atoms with Gasteiger partial charge in [-0.3, -0.25) is 4.79 Å². The van der Waals surface area contributed by atoms with Crippen LogP contribution in [0.15, 0.2) is 58.1 Å². The largest absolute Gasteiger partial charge is 0.495 e. The number of hydrogen-bond acceptors (Lipinski definition) is 9. The zero-order valence-corrected chi connectivity index (χ0v) is 22.7. The molecule has 1 aliphatic rings. The molecule has 0 bridgehead atoms. The predicted molar refractivity (Wildman–Crippen MR) is 141 cm³/mol. The van der Waals surface area contributed by atoms with Gasteiger partial charge < -0.3 is 28.5 Å². The SMILES string of the molecule is COc1ccc(CCN(C)S(=O)(=O)c2ccc(OC)c(N3CCN(C(=O)c4ccno4)CC3)c2)cc1OC. The lowest BCUT2D eigenvalue weighted by molar-refractivity contribution is 0.0704. The van der Waals surface area contributed by atoms with Gasteiger partial charge in [0.2, 0.25) is 15.8 Å². The zero-order chi connectivity index (χ0) is 27.3. The number of benzene rings is 2. The zero-order valence-electron chi connectivity index (χ0n) is 21.9. The molecule has 0 aliphatic carbocycles. The third kappa shape index (κ3) is 5.70. The maximum Gasteiger partial charge on any atom is 0.292 e. The van der Waals surface area contributed by atoms with E-state index < -0.39 is 10.0 Å². The van der Waals surface area contributed by atoms with E-state index in [2.05, 4.69) is 5.16 Å². The van der Waals surface area contributed by atoms with Crippen molar-refractivity contribution in [2.45, 2.75) is 11.3 Å². The van der Waals surface area contributed by atoms with E-state index in [1.165, 1.54) is 16.6 Å². The van der Waals surface area contributed by atoms with Gasteiger partial charge >= 0.3 is 0 Å². The third-order valence-electron chi connectivity index (χ3n) is 6.58. The molecule has 0 atom stereocenters. The first-order valence-corrected chi connectivity index (χ1v) is 13.5. The van der Waals surface area contributed by atoms with E-state index in [1.807, 2.05) is 17.0 Å². The Morgan fingerprint density at radius 1 is 0.947 bits per heavy atom. The van der Waals surface area contributed by atoms with Crippen molar-refractivity contribution in [3.63, 3.8) is 0 Å². The van der Waals surface area contributed by atoms with Gasteiger partial charge in [-0.1, -0.05) is 11.2 Å². The highest BCUT2D eigenvalue weighted by atomic mass is 32.2. The lowest BCUT2D eigenvalue weighted by Crippen LogP contribution is -2.48. The minimum absolute atomic E-state index is 0.170. The maximum atomic E-state index is 13.4. The number of nitrogens with zero attached hydrogens (tertiary/aromatic N) is 4. The lowest BCUT2D eigenvalue weighted by atomic mass is 10.1. The van der Waals surface area contributed by atoms with Crippen LogP contribution in [-0.2, 0) is 16.4 Å². The Bertz CT molecular complexity index is 1350. The highest BCUT2D eigenvalue weighted by Gasteiger charge is 2.28. The van der Waals surface area contributed by atoms with Crippen molar-refractivity contribution in [1.82, 2.24) is 14.4 Å². The number of piperazine rings is 1. The number of hydrogen-bond donors (Lipinski definition) is 0. The topological polar surface area (TPSA) is 115 Å². The van der Waals surface area contributed by atoms with Crippen molar-refractivity contribution < 1.29 is 31.9 Å². The number of amides is 1. The number of aromatic nitrogens is 1. The number of anilines is 1. The van der Waals surface area contributed by atoms with Crippen LogP contribution in [0.4, 0.5) is 5.69 Å². The number of carbonyl (C=O) groups excluding carboxylic acids is 1. The monoisotopic (exact) mass is 544 g/mol. The molecule has 0 unspecified atom stereocenters. The second-order valence-electron chi connectivity index (χ2n) is 8.76. The van der Waals surface area contributed by atoms with Gasteiger partial charge in [-0.25, -0.2) is 12.7 Å². The number of ether oxygens (including phenoxy) is 3. The third-order valence-corrected chi connectivity index (χ3v) is 8.43. The Hall–Kier alpha value is -3.77. The van der Waals surface area contributed by atoms with Gasteiger partial charge in [-0.15, -0.1) is 0 Å². The summed E-state index contributed by atoms with van der Waals surface area (Å²) in [5, 5.41) is 3.59. The first kappa shape index (κ1) is 27.3. The van der Waals surface area contributed by atoms with E-state index in [9.17, 15) is 13.2 Å². The second kappa shape index (κ2) is 11.7. The molecule has 4 rings (SSSR count). The quantitative estimate of drug-likeness (QED) is 0.380. The highest BCUT2D eigenvalue weighted by molar-refractivity contribution is 7.89. The molecule has 0 spiro atoms. The van der Waals surface area contributed by atoms with Gasteiger partial charge in [0.25, 0.3) is 5.91 Å². The molecule has 3 aromatic rings. The standard InChI is InChI=1S/C26H32N4O7S/c1-28(12-10-19-5-7-23(35-3)25(17-19)36-4)38(32,33)20-6-8-22(34-2)21(18-20)29-13-15-30(16-14-29)26(31)24-9-11-27-37-24/h5-9,11,17-18H,10,12-16H2,1-4H3. The van der Waals surface area contributed by atoms with Crippen LogP contribution in [-0.4, -0.2) is 89.8 Å². The smallest absolute Gasteiger partial charge is 0.292 e. The molecule has 0 N–H and O–H groups in total. The van der Waals surface area contributed by atoms with Crippen LogP contribution >= 0.6 is 0 Å². The summed E-state index contributed by atoms with van der Waals surface area (Å²) in [7, 11) is 2.48. The first-order valence-electron chi connectivity index (χ1n) is 12.1. The van der Waals surface area contributed by atoms with Gasteiger partial charge in [0, 0.05) is 45.8 Å². The summed E-state index contributed by atoms with van der Waals surface area (Å²) in [6.45, 7) is 2.20. The molecule has 38 heavy (non-hydrogen) atoms. The molecule has 1 aromatic heterocycles. The minimum atomic E-state index is -3.77. The summed E-state index contributed by atoms with van der Waals surface area (Å²) in [5.41, 5.74) is 1.59. The molecule has 11 nitrogen and oxygen atoms in total. The molecule has 1 fully saturated rings. The summed E-state index contributed by atoms with van der Waals surface area (Å²) in [6.07, 6.45) is 1.94. The van der Waals surface area contributed by atoms with Gasteiger partial charge in [0.1, 0.15) is 5.75 Å². The number of rotatable bonds is 10. The predicted octanol–water partition coefficient (Wildman–Crippen LogP) is 2.53. The van der Waals surface area contributed by atoms with E-state index in [1.54, 1.807) is 57.5 Å². The molecule has 1 saturated heterocycles. The van der Waals surface area contributed by atoms with Crippen molar-refractivity contribution in [2.24, 2.45) is 0 Å². The Morgan fingerprint density at radius 3 is 2.26 bits per heavy atom. The van der Waals surface area contributed by atoms with Gasteiger partial charge in [0.05, 0.1) is 38.1 Å². The van der Waals surface area contributed by atoms with E-state index in [0.29, 0.717) is 55.5 Å². The van der Waals surface area contributed by atoms with Crippen molar-refractivity contribution in [3.8, 4) is 17.2 Å². The van der Waals surface area contributed by atoms with E-state index in [-0.39, 0.29) is 23.1 Å². The van der Waals surface area contributed by atoms with Crippen LogP contribution in [0, 0.1) is 0 Å². The number of carbonyl (C=O) groups is 1. The minimum Gasteiger partial charge on any atom is -0.495 e. The van der Waals surface area contributed by atoms with E-state index >= 15 is 0 Å². The first-order chi connectivity index (χ1) is 18.3. The van der Waals surface area contributed by atoms with Gasteiger partial charge in [-0.05, 0) is 42.3 Å². The number of methoxy groups -OCH3 is 3. The van der Waals surface area contributed by atoms with Crippen LogP contribution < -0.4 is 19.1 Å². The Labute approximate surface area is 222 Å². The van der Waals surface area contributed by atoms with Crippen molar-refractivity contribution in [3.05, 3.63) is 60.0 Å². The van der Waals surface area contributed by atoms with E-state index in [0.717, 1.165) is 5.56 Å². The fraction of sp³-hybridized carbons (Fsp3) is 0.385. The average Bonchev–Trinajstić information content (AvgIpc) is 3.50. The Balaban J connectivity index is 1.46. The molecule has 1 amide bonds. The van der Waals surface area contributed by atoms with Crippen LogP contribution in [0.25, 0.3) is 0 Å². The molecular formula is C26H32N4O7S. The van der Waals surface area contributed by atoms with Crippen molar-refractivity contribution in [2.75, 3.05) is 66.0 Å². The van der Waals surface area contributed by atoms with Gasteiger partial charge in [0.15, 0.2) is 11.5 Å². The Morgan fingerprint density at radius 2 is 1.63 bits per heavy atom. The highest BCUT2D eigenvalue weighted by Crippen LogP contribution is 2.33. The van der Waals surface area contributed by atoms with Crippen LogP contribution in [0.3, 0.4) is 0 Å². The summed E-state index contributed by atoms with van der Waals surface area (Å²) < 4.78 is 49.3. The summed E-state index contributed by atoms with van der Waals surface area (Å²) in [6, 6.07) is 11.9. The van der Waals surface area contributed by atoms with E-state index in [4.69, 9.17) is 18.7 Å². The van der Waals surface area contributed by atoms with Crippen molar-refractivity contribution >= 4 is 21.6 Å². The van der Waals surface area contributed by atoms with Gasteiger partial charge in [-0.2, -0.15) is 0 Å². The summed E-state index contributed by atoms with van der Waals surface area (Å²) in [5.74, 6) is 1.75. The fourth-order valence-corrected chi connectivity index (χ4v) is 5.52. The lowest BCUT2D eigenvalue weighted by Gasteiger charge is -2.36. The van der Waals surface area contributed by atoms with Crippen LogP contribution in [0.5, 0.6) is 17.2 Å². The molecule has 1 aliphatic heterocycles. The number of sulfonamides is 1. The van der Waals surface area contributed by atoms with Crippen LogP contribution in [0.1, 0.15) is 16.1 Å². The molecule has 2 heterocycles. The average molecular weight is 545 g/mol. The Kier molecular flexibility index (Phi) is 8.42.